The quantitative estimate of drug-likeness (QED) is 0.359. The molecule has 1 aliphatic rings. The number of hydrogen-bond acceptors (Lipinski definition) is 7. The van der Waals surface area contributed by atoms with Crippen molar-refractivity contribution in [3.05, 3.63) is 70.1 Å². The summed E-state index contributed by atoms with van der Waals surface area (Å²) in [6.07, 6.45) is 2.60. The molecule has 2 aromatic carbocycles. The van der Waals surface area contributed by atoms with Gasteiger partial charge in [0.05, 0.1) is 29.3 Å². The second-order valence-corrected chi connectivity index (χ2v) is 9.96. The van der Waals surface area contributed by atoms with Crippen LogP contribution in [0.3, 0.4) is 0 Å². The van der Waals surface area contributed by atoms with E-state index in [0.29, 0.717) is 33.4 Å². The number of carbonyl (C=O) groups excluding carboxylic acids is 3. The summed E-state index contributed by atoms with van der Waals surface area (Å²) in [5.74, 6) is -0.409. The average Bonchev–Trinajstić information content (AvgIpc) is 3.47. The number of thiophene rings is 1. The number of rotatable bonds is 6. The van der Waals surface area contributed by atoms with Gasteiger partial charge in [-0.15, -0.1) is 11.3 Å². The highest BCUT2D eigenvalue weighted by atomic mass is 32.1. The van der Waals surface area contributed by atoms with Gasteiger partial charge in [0, 0.05) is 10.4 Å². The average molecular weight is 504 g/mol. The zero-order valence-corrected chi connectivity index (χ0v) is 20.7. The van der Waals surface area contributed by atoms with E-state index < -0.39 is 24.5 Å². The fourth-order valence-electron chi connectivity index (χ4n) is 4.40. The van der Waals surface area contributed by atoms with Crippen LogP contribution in [0.1, 0.15) is 44.5 Å². The highest BCUT2D eigenvalue weighted by molar-refractivity contribution is 7.17. The first-order valence-corrected chi connectivity index (χ1v) is 12.5. The molecule has 0 spiro atoms. The zero-order chi connectivity index (χ0) is 25.2. The normalized spacial score (nSPS) is 14.8. The van der Waals surface area contributed by atoms with E-state index >= 15 is 0 Å². The van der Waals surface area contributed by atoms with Crippen LogP contribution in [0.2, 0.25) is 0 Å². The van der Waals surface area contributed by atoms with Crippen LogP contribution >= 0.6 is 11.3 Å². The van der Waals surface area contributed by atoms with Crippen LogP contribution in [-0.2, 0) is 27.1 Å². The molecule has 0 radical (unpaired) electrons. The minimum atomic E-state index is -0.629. The summed E-state index contributed by atoms with van der Waals surface area (Å²) in [5, 5.41) is 3.18. The van der Waals surface area contributed by atoms with Crippen molar-refractivity contribution in [2.24, 2.45) is 5.92 Å². The van der Waals surface area contributed by atoms with E-state index in [1.54, 1.807) is 18.2 Å². The molecule has 1 amide bonds. The lowest BCUT2D eigenvalue weighted by Crippen LogP contribution is -2.22. The van der Waals surface area contributed by atoms with Crippen LogP contribution in [0.5, 0.6) is 0 Å². The van der Waals surface area contributed by atoms with Gasteiger partial charge in [0.25, 0.3) is 5.91 Å². The molecule has 0 fully saturated rings. The smallest absolute Gasteiger partial charge is 0.341 e. The van der Waals surface area contributed by atoms with Gasteiger partial charge in [-0.3, -0.25) is 4.79 Å². The fourth-order valence-corrected chi connectivity index (χ4v) is 5.82. The lowest BCUT2D eigenvalue weighted by Gasteiger charge is -2.18. The minimum absolute atomic E-state index is 0.300. The van der Waals surface area contributed by atoms with Crippen LogP contribution < -0.4 is 5.32 Å². The Morgan fingerprint density at radius 1 is 1.14 bits per heavy atom. The molecule has 1 unspecified atom stereocenters. The molecule has 5 rings (SSSR count). The number of amides is 1. The van der Waals surface area contributed by atoms with Gasteiger partial charge in [-0.2, -0.15) is 0 Å². The number of hydrogen-bond donors (Lipinski definition) is 2. The third kappa shape index (κ3) is 4.74. The lowest BCUT2D eigenvalue weighted by molar-refractivity contribution is -0.119. The van der Waals surface area contributed by atoms with Crippen LogP contribution in [0.4, 0.5) is 5.00 Å². The van der Waals surface area contributed by atoms with Gasteiger partial charge in [0.2, 0.25) is 0 Å². The van der Waals surface area contributed by atoms with Crippen molar-refractivity contribution in [3.8, 4) is 11.4 Å². The molecule has 2 N–H and O–H groups in total. The Bertz CT molecular complexity index is 1460. The highest BCUT2D eigenvalue weighted by Gasteiger charge is 2.29. The van der Waals surface area contributed by atoms with Crippen molar-refractivity contribution in [1.82, 2.24) is 9.97 Å². The van der Waals surface area contributed by atoms with Gasteiger partial charge in [-0.05, 0) is 48.9 Å². The Kier molecular flexibility index (Phi) is 6.56. The summed E-state index contributed by atoms with van der Waals surface area (Å²) in [4.78, 5) is 46.5. The molecule has 0 bridgehead atoms. The van der Waals surface area contributed by atoms with E-state index in [1.807, 2.05) is 30.3 Å². The lowest BCUT2D eigenvalue weighted by atomic mass is 9.88. The molecule has 8 nitrogen and oxygen atoms in total. The largest absolute Gasteiger partial charge is 0.465 e. The number of benzene rings is 2. The van der Waals surface area contributed by atoms with E-state index in [1.165, 1.54) is 18.4 Å². The number of anilines is 1. The number of H-pyrrole nitrogens is 1. The maximum atomic E-state index is 12.6. The van der Waals surface area contributed by atoms with Crippen molar-refractivity contribution >= 4 is 45.2 Å². The Morgan fingerprint density at radius 3 is 2.72 bits per heavy atom. The number of methoxy groups -OCH3 is 1. The molecule has 4 aromatic rings. The molecule has 184 valence electrons. The molecule has 0 aliphatic heterocycles. The summed E-state index contributed by atoms with van der Waals surface area (Å²) in [6.45, 7) is 1.69. The molecular weight excluding hydrogens is 478 g/mol. The third-order valence-corrected chi connectivity index (χ3v) is 7.42. The third-order valence-electron chi connectivity index (χ3n) is 6.25. The summed E-state index contributed by atoms with van der Waals surface area (Å²) in [5.41, 5.74) is 3.99. The summed E-state index contributed by atoms with van der Waals surface area (Å²) < 4.78 is 10.2. The number of imidazole rings is 1. The van der Waals surface area contributed by atoms with Crippen molar-refractivity contribution in [2.75, 3.05) is 19.0 Å². The van der Waals surface area contributed by atoms with E-state index in [2.05, 4.69) is 22.2 Å². The molecule has 0 saturated carbocycles. The fraction of sp³-hybridized carbons (Fsp3) is 0.259. The first kappa shape index (κ1) is 23.7. The number of ether oxygens (including phenoxy) is 2. The Morgan fingerprint density at radius 2 is 1.94 bits per heavy atom. The van der Waals surface area contributed by atoms with Crippen molar-refractivity contribution in [1.29, 1.82) is 0 Å². The monoisotopic (exact) mass is 503 g/mol. The number of nitrogens with one attached hydrogen (secondary N) is 2. The second kappa shape index (κ2) is 9.94. The zero-order valence-electron chi connectivity index (χ0n) is 19.9. The number of nitrogens with zero attached hydrogens (tertiary/aromatic N) is 1. The molecule has 0 saturated heterocycles. The minimum Gasteiger partial charge on any atom is -0.465 e. The number of carbonyl (C=O) groups is 3. The SMILES string of the molecule is COC(=O)c1c(NC(=O)COC(=O)c2ccc3nc(-c4ccccc4)[nH]c3c2)sc2c1CCC(C)C2. The van der Waals surface area contributed by atoms with Crippen LogP contribution in [0.15, 0.2) is 48.5 Å². The molecule has 2 heterocycles. The Balaban J connectivity index is 1.26. The molecule has 36 heavy (non-hydrogen) atoms. The first-order chi connectivity index (χ1) is 17.4. The molecule has 9 heteroatoms. The molecule has 2 aromatic heterocycles. The first-order valence-electron chi connectivity index (χ1n) is 11.7. The van der Waals surface area contributed by atoms with Gasteiger partial charge in [-0.1, -0.05) is 37.3 Å². The maximum Gasteiger partial charge on any atom is 0.341 e. The second-order valence-electron chi connectivity index (χ2n) is 8.86. The number of aromatic nitrogens is 2. The van der Waals surface area contributed by atoms with E-state index in [9.17, 15) is 14.4 Å². The van der Waals surface area contributed by atoms with Crippen molar-refractivity contribution in [2.45, 2.75) is 26.2 Å². The Hall–Kier alpha value is -3.98. The summed E-state index contributed by atoms with van der Waals surface area (Å²) >= 11 is 1.39. The summed E-state index contributed by atoms with van der Waals surface area (Å²) in [7, 11) is 1.32. The number of aromatic amines is 1. The molecule has 1 atom stereocenters. The number of fused-ring (bicyclic) bond motifs is 2. The van der Waals surface area contributed by atoms with Gasteiger partial charge in [0.15, 0.2) is 6.61 Å². The van der Waals surface area contributed by atoms with Crippen LogP contribution in [-0.4, -0.2) is 41.5 Å². The molecule has 1 aliphatic carbocycles. The topological polar surface area (TPSA) is 110 Å². The number of esters is 2. The van der Waals surface area contributed by atoms with Crippen molar-refractivity contribution < 1.29 is 23.9 Å². The van der Waals surface area contributed by atoms with E-state index in [-0.39, 0.29) is 0 Å². The van der Waals surface area contributed by atoms with E-state index in [4.69, 9.17) is 9.47 Å². The van der Waals surface area contributed by atoms with Crippen molar-refractivity contribution in [3.63, 3.8) is 0 Å². The molecular formula is C27H25N3O5S. The van der Waals surface area contributed by atoms with E-state index in [0.717, 1.165) is 40.8 Å². The van der Waals surface area contributed by atoms with Gasteiger partial charge in [0.1, 0.15) is 10.8 Å². The van der Waals surface area contributed by atoms with Crippen LogP contribution in [0, 0.1) is 5.92 Å². The highest BCUT2D eigenvalue weighted by Crippen LogP contribution is 2.40. The standard InChI is InChI=1S/C27H25N3O5S/c1-15-8-10-18-21(12-15)36-25(23(18)27(33)34-2)30-22(31)14-35-26(32)17-9-11-19-20(13-17)29-24(28-19)16-6-4-3-5-7-16/h3-7,9,11,13,15H,8,10,12,14H2,1-2H3,(H,28,29)(H,30,31). The van der Waals surface area contributed by atoms with Gasteiger partial charge >= 0.3 is 11.9 Å². The summed E-state index contributed by atoms with van der Waals surface area (Å²) in [6, 6.07) is 14.7. The predicted octanol–water partition coefficient (Wildman–Crippen LogP) is 5.00. The maximum absolute atomic E-state index is 12.6. The van der Waals surface area contributed by atoms with Gasteiger partial charge in [-0.25, -0.2) is 14.6 Å². The van der Waals surface area contributed by atoms with Gasteiger partial charge < -0.3 is 19.8 Å². The van der Waals surface area contributed by atoms with Crippen LogP contribution in [0.25, 0.3) is 22.4 Å². The Labute approximate surface area is 211 Å². The predicted molar refractivity (Wildman–Crippen MR) is 137 cm³/mol.